The number of benzene rings is 2. The lowest BCUT2D eigenvalue weighted by atomic mass is 9.83. The van der Waals surface area contributed by atoms with Crippen LogP contribution in [0.1, 0.15) is 18.5 Å². The molecule has 2 aromatic heterocycles. The van der Waals surface area contributed by atoms with Gasteiger partial charge in [0.1, 0.15) is 5.75 Å². The van der Waals surface area contributed by atoms with Crippen molar-refractivity contribution < 1.29 is 17.6 Å². The third-order valence-electron chi connectivity index (χ3n) is 7.05. The number of hydrogen-bond acceptors (Lipinski definition) is 6. The van der Waals surface area contributed by atoms with Gasteiger partial charge in [-0.3, -0.25) is 4.57 Å². The maximum atomic E-state index is 13.4. The standard InChI is InChI=1S/C24H24N4O5S/c1-26-20-8-6-17(15-21(20)33-23(26)29)34(30,31)27-12-9-24(10-13-27)22-4-3-11-28(22)19-7-5-16(32-2)14-18(19)25-24/h3-8,11,14-15,25H,9-10,12-13H2,1-2H3. The fourth-order valence-electron chi connectivity index (χ4n) is 5.17. The third-order valence-corrected chi connectivity index (χ3v) is 8.95. The molecule has 176 valence electrons. The average molecular weight is 481 g/mol. The molecular formula is C24H24N4O5S. The van der Waals surface area contributed by atoms with E-state index in [-0.39, 0.29) is 16.0 Å². The van der Waals surface area contributed by atoms with Crippen LogP contribution in [0.15, 0.2) is 68.8 Å². The first kappa shape index (κ1) is 21.1. The van der Waals surface area contributed by atoms with Crippen molar-refractivity contribution in [2.75, 3.05) is 25.5 Å². The van der Waals surface area contributed by atoms with Crippen molar-refractivity contribution in [1.82, 2.24) is 13.4 Å². The van der Waals surface area contributed by atoms with Crippen molar-refractivity contribution in [3.8, 4) is 11.4 Å². The number of hydrogen-bond donors (Lipinski definition) is 1. The number of aromatic nitrogens is 2. The van der Waals surface area contributed by atoms with Crippen molar-refractivity contribution in [3.05, 3.63) is 71.0 Å². The predicted molar refractivity (Wildman–Crippen MR) is 127 cm³/mol. The summed E-state index contributed by atoms with van der Waals surface area (Å²) in [5.41, 5.74) is 3.56. The molecule has 6 rings (SSSR count). The van der Waals surface area contributed by atoms with Crippen molar-refractivity contribution >= 4 is 26.8 Å². The molecule has 2 aliphatic heterocycles. The Balaban J connectivity index is 1.31. The Morgan fingerprint density at radius 2 is 1.88 bits per heavy atom. The molecule has 1 spiro atoms. The summed E-state index contributed by atoms with van der Waals surface area (Å²) in [5, 5.41) is 3.70. The molecule has 0 bridgehead atoms. The van der Waals surface area contributed by atoms with Gasteiger partial charge in [-0.2, -0.15) is 4.31 Å². The molecule has 34 heavy (non-hydrogen) atoms. The molecule has 9 nitrogen and oxygen atoms in total. The third kappa shape index (κ3) is 2.95. The van der Waals surface area contributed by atoms with Gasteiger partial charge in [0.25, 0.3) is 0 Å². The number of piperidine rings is 1. The van der Waals surface area contributed by atoms with Crippen LogP contribution in [-0.2, 0) is 22.6 Å². The first-order chi connectivity index (χ1) is 16.3. The second kappa shape index (κ2) is 7.25. The second-order valence-corrected chi connectivity index (χ2v) is 10.8. The van der Waals surface area contributed by atoms with Crippen LogP contribution in [0.2, 0.25) is 0 Å². The molecule has 4 aromatic rings. The van der Waals surface area contributed by atoms with Crippen molar-refractivity contribution in [1.29, 1.82) is 0 Å². The van der Waals surface area contributed by atoms with Gasteiger partial charge in [0, 0.05) is 44.2 Å². The number of rotatable bonds is 3. The molecule has 0 unspecified atom stereocenters. The van der Waals surface area contributed by atoms with E-state index >= 15 is 0 Å². The fourth-order valence-corrected chi connectivity index (χ4v) is 6.63. The van der Waals surface area contributed by atoms with Crippen LogP contribution in [0.3, 0.4) is 0 Å². The van der Waals surface area contributed by atoms with Crippen LogP contribution in [0.5, 0.6) is 5.75 Å². The summed E-state index contributed by atoms with van der Waals surface area (Å²) in [6.45, 7) is 0.715. The molecule has 1 fully saturated rings. The van der Waals surface area contributed by atoms with E-state index in [1.165, 1.54) is 21.0 Å². The lowest BCUT2D eigenvalue weighted by Gasteiger charge is -2.45. The van der Waals surface area contributed by atoms with E-state index in [4.69, 9.17) is 9.15 Å². The van der Waals surface area contributed by atoms with E-state index in [0.717, 1.165) is 22.8 Å². The molecule has 0 radical (unpaired) electrons. The molecule has 2 aromatic carbocycles. The number of methoxy groups -OCH3 is 1. The summed E-state index contributed by atoms with van der Waals surface area (Å²) in [5.74, 6) is 0.243. The van der Waals surface area contributed by atoms with Crippen LogP contribution in [-0.4, -0.2) is 42.1 Å². The van der Waals surface area contributed by atoms with Crippen molar-refractivity contribution in [3.63, 3.8) is 0 Å². The Hall–Kier alpha value is -3.50. The highest BCUT2D eigenvalue weighted by atomic mass is 32.2. The van der Waals surface area contributed by atoms with Gasteiger partial charge in [-0.15, -0.1) is 0 Å². The average Bonchev–Trinajstić information content (AvgIpc) is 3.45. The summed E-state index contributed by atoms with van der Waals surface area (Å²) in [7, 11) is -0.508. The van der Waals surface area contributed by atoms with Gasteiger partial charge >= 0.3 is 5.76 Å². The Bertz CT molecular complexity index is 1590. The normalized spacial score (nSPS) is 17.4. The summed E-state index contributed by atoms with van der Waals surface area (Å²) in [6, 6.07) is 14.6. The van der Waals surface area contributed by atoms with E-state index < -0.39 is 15.8 Å². The summed E-state index contributed by atoms with van der Waals surface area (Å²) < 4.78 is 42.5. The molecule has 0 aliphatic carbocycles. The smallest absolute Gasteiger partial charge is 0.419 e. The molecule has 0 amide bonds. The largest absolute Gasteiger partial charge is 0.497 e. The molecular weight excluding hydrogens is 456 g/mol. The van der Waals surface area contributed by atoms with E-state index in [0.29, 0.717) is 31.4 Å². The summed E-state index contributed by atoms with van der Waals surface area (Å²) in [4.78, 5) is 11.9. The minimum atomic E-state index is -3.74. The lowest BCUT2D eigenvalue weighted by Crippen LogP contribution is -2.50. The zero-order valence-electron chi connectivity index (χ0n) is 18.8. The highest BCUT2D eigenvalue weighted by Crippen LogP contribution is 2.45. The van der Waals surface area contributed by atoms with E-state index in [1.807, 2.05) is 30.5 Å². The molecule has 10 heteroatoms. The van der Waals surface area contributed by atoms with Crippen LogP contribution >= 0.6 is 0 Å². The first-order valence-corrected chi connectivity index (χ1v) is 12.5. The van der Waals surface area contributed by atoms with E-state index in [1.54, 1.807) is 20.2 Å². The minimum Gasteiger partial charge on any atom is -0.497 e. The SMILES string of the molecule is COc1ccc2c(c1)NC1(CCN(S(=O)(=O)c3ccc4c(c3)oc(=O)n4C)CC1)c1cccn1-2. The Morgan fingerprint density at radius 3 is 2.65 bits per heavy atom. The van der Waals surface area contributed by atoms with Gasteiger partial charge in [0.2, 0.25) is 10.0 Å². The second-order valence-electron chi connectivity index (χ2n) is 8.81. The van der Waals surface area contributed by atoms with Gasteiger partial charge in [-0.25, -0.2) is 13.2 Å². The van der Waals surface area contributed by atoms with Gasteiger partial charge in [0.15, 0.2) is 5.58 Å². The zero-order valence-corrected chi connectivity index (χ0v) is 19.6. The molecule has 0 saturated carbocycles. The van der Waals surface area contributed by atoms with E-state index in [2.05, 4.69) is 16.0 Å². The number of oxazole rings is 1. The highest BCUT2D eigenvalue weighted by Gasteiger charge is 2.44. The fraction of sp³-hybridized carbons (Fsp3) is 0.292. The van der Waals surface area contributed by atoms with Crippen LogP contribution in [0.25, 0.3) is 16.8 Å². The summed E-state index contributed by atoms with van der Waals surface area (Å²) in [6.07, 6.45) is 3.25. The van der Waals surface area contributed by atoms with Crippen LogP contribution in [0, 0.1) is 0 Å². The molecule has 0 atom stereocenters. The number of fused-ring (bicyclic) bond motifs is 5. The zero-order chi connectivity index (χ0) is 23.7. The number of anilines is 1. The van der Waals surface area contributed by atoms with Crippen LogP contribution < -0.4 is 15.8 Å². The molecule has 1 N–H and O–H groups in total. The molecule has 1 saturated heterocycles. The monoisotopic (exact) mass is 480 g/mol. The molecule has 4 heterocycles. The van der Waals surface area contributed by atoms with Gasteiger partial charge < -0.3 is 19.0 Å². The Kier molecular flexibility index (Phi) is 4.49. The predicted octanol–water partition coefficient (Wildman–Crippen LogP) is 3.04. The number of ether oxygens (including phenoxy) is 1. The Morgan fingerprint density at radius 1 is 1.09 bits per heavy atom. The lowest BCUT2D eigenvalue weighted by molar-refractivity contribution is 0.247. The highest BCUT2D eigenvalue weighted by molar-refractivity contribution is 7.89. The summed E-state index contributed by atoms with van der Waals surface area (Å²) >= 11 is 0. The van der Waals surface area contributed by atoms with Gasteiger partial charge in [-0.05, 0) is 49.2 Å². The van der Waals surface area contributed by atoms with Crippen molar-refractivity contribution in [2.45, 2.75) is 23.3 Å². The van der Waals surface area contributed by atoms with Gasteiger partial charge in [-0.1, -0.05) is 0 Å². The number of aryl methyl sites for hydroxylation is 1. The quantitative estimate of drug-likeness (QED) is 0.484. The number of nitrogens with one attached hydrogen (secondary N) is 1. The Labute approximate surface area is 196 Å². The van der Waals surface area contributed by atoms with Crippen molar-refractivity contribution in [2.24, 2.45) is 7.05 Å². The maximum absolute atomic E-state index is 13.4. The minimum absolute atomic E-state index is 0.125. The maximum Gasteiger partial charge on any atom is 0.419 e. The first-order valence-electron chi connectivity index (χ1n) is 11.1. The van der Waals surface area contributed by atoms with Crippen LogP contribution in [0.4, 0.5) is 5.69 Å². The van der Waals surface area contributed by atoms with E-state index in [9.17, 15) is 13.2 Å². The number of nitrogens with zero attached hydrogens (tertiary/aromatic N) is 3. The topological polar surface area (TPSA) is 98.7 Å². The molecule has 2 aliphatic rings. The number of sulfonamides is 1. The van der Waals surface area contributed by atoms with Gasteiger partial charge in [0.05, 0.1) is 34.4 Å².